The zero-order valence-electron chi connectivity index (χ0n) is 11.3. The van der Waals surface area contributed by atoms with Crippen LogP contribution in [0.15, 0.2) is 35.5 Å². The number of aromatic nitrogens is 2. The molecular weight excluding hydrogens is 298 g/mol. The van der Waals surface area contributed by atoms with Gasteiger partial charge in [0.25, 0.3) is 10.0 Å². The molecule has 9 heteroatoms. The molecule has 0 aliphatic heterocycles. The van der Waals surface area contributed by atoms with Crippen LogP contribution in [0.5, 0.6) is 5.75 Å². The summed E-state index contributed by atoms with van der Waals surface area (Å²) in [4.78, 5) is 10.7. The number of rotatable bonds is 5. The summed E-state index contributed by atoms with van der Waals surface area (Å²) in [5, 5.41) is 12.8. The maximum atomic E-state index is 12.3. The van der Waals surface area contributed by atoms with Crippen LogP contribution in [-0.2, 0) is 17.1 Å². The number of hydrogen-bond acceptors (Lipinski definition) is 5. The van der Waals surface area contributed by atoms with Gasteiger partial charge in [0, 0.05) is 13.2 Å². The van der Waals surface area contributed by atoms with Crippen molar-refractivity contribution in [1.82, 2.24) is 9.78 Å². The molecule has 0 spiro atoms. The first-order chi connectivity index (χ1) is 9.83. The van der Waals surface area contributed by atoms with Crippen LogP contribution in [0.2, 0.25) is 0 Å². The van der Waals surface area contributed by atoms with Crippen LogP contribution in [0.1, 0.15) is 10.4 Å². The molecule has 2 aromatic rings. The van der Waals surface area contributed by atoms with E-state index in [2.05, 4.69) is 9.82 Å². The monoisotopic (exact) mass is 311 g/mol. The van der Waals surface area contributed by atoms with Crippen molar-refractivity contribution in [3.8, 4) is 5.75 Å². The average Bonchev–Trinajstić information content (AvgIpc) is 2.82. The van der Waals surface area contributed by atoms with Crippen LogP contribution < -0.4 is 9.46 Å². The molecule has 1 aromatic heterocycles. The van der Waals surface area contributed by atoms with Gasteiger partial charge in [-0.05, 0) is 18.2 Å². The van der Waals surface area contributed by atoms with Crippen molar-refractivity contribution in [2.75, 3.05) is 11.8 Å². The number of ether oxygens (including phenoxy) is 1. The fraction of sp³-hybridized carbons (Fsp3) is 0.167. The molecule has 2 rings (SSSR count). The Kier molecular flexibility index (Phi) is 3.85. The van der Waals surface area contributed by atoms with E-state index >= 15 is 0 Å². The average molecular weight is 311 g/mol. The summed E-state index contributed by atoms with van der Waals surface area (Å²) >= 11 is 0. The maximum Gasteiger partial charge on any atom is 0.335 e. The lowest BCUT2D eigenvalue weighted by Crippen LogP contribution is -2.14. The topological polar surface area (TPSA) is 111 Å². The first kappa shape index (κ1) is 14.9. The normalized spacial score (nSPS) is 11.1. The highest BCUT2D eigenvalue weighted by Gasteiger charge is 2.21. The Hall–Kier alpha value is -2.55. The number of sulfonamides is 1. The molecule has 0 aliphatic rings. The van der Waals surface area contributed by atoms with E-state index in [1.165, 1.54) is 36.3 Å². The zero-order chi connectivity index (χ0) is 15.6. The smallest absolute Gasteiger partial charge is 0.335 e. The van der Waals surface area contributed by atoms with Gasteiger partial charge in [-0.3, -0.25) is 9.40 Å². The summed E-state index contributed by atoms with van der Waals surface area (Å²) in [5.41, 5.74) is 0.231. The molecule has 0 bridgehead atoms. The zero-order valence-corrected chi connectivity index (χ0v) is 12.1. The number of aryl methyl sites for hydroxylation is 1. The number of nitrogens with one attached hydrogen (secondary N) is 1. The van der Waals surface area contributed by atoms with Crippen molar-refractivity contribution in [3.63, 3.8) is 0 Å². The second-order valence-electron chi connectivity index (χ2n) is 4.18. The minimum Gasteiger partial charge on any atom is -0.495 e. The standard InChI is InChI=1S/C12H13N3O5S/c1-15-7-9(6-13-15)14-21(18,19)11-4-3-8(12(16)17)5-10(11)20-2/h3-7,14H,1-2H3,(H,16,17). The van der Waals surface area contributed by atoms with Crippen LogP contribution in [0.25, 0.3) is 0 Å². The molecule has 0 fully saturated rings. The molecule has 0 radical (unpaired) electrons. The van der Waals surface area contributed by atoms with Crippen LogP contribution >= 0.6 is 0 Å². The van der Waals surface area contributed by atoms with Crippen molar-refractivity contribution >= 4 is 21.7 Å². The van der Waals surface area contributed by atoms with E-state index in [0.29, 0.717) is 5.69 Å². The molecular formula is C12H13N3O5S. The highest BCUT2D eigenvalue weighted by Crippen LogP contribution is 2.26. The molecule has 2 N–H and O–H groups in total. The van der Waals surface area contributed by atoms with Gasteiger partial charge in [-0.1, -0.05) is 0 Å². The Labute approximate surface area is 121 Å². The highest BCUT2D eigenvalue weighted by molar-refractivity contribution is 7.92. The molecule has 112 valence electrons. The minimum atomic E-state index is -3.91. The largest absolute Gasteiger partial charge is 0.495 e. The lowest BCUT2D eigenvalue weighted by Gasteiger charge is -2.11. The van der Waals surface area contributed by atoms with Crippen molar-refractivity contribution in [2.45, 2.75) is 4.90 Å². The number of methoxy groups -OCH3 is 1. The Balaban J connectivity index is 2.42. The predicted molar refractivity (Wildman–Crippen MR) is 74.0 cm³/mol. The molecule has 0 atom stereocenters. The Morgan fingerprint density at radius 2 is 2.14 bits per heavy atom. The Morgan fingerprint density at radius 3 is 2.67 bits per heavy atom. The SMILES string of the molecule is COc1cc(C(=O)O)ccc1S(=O)(=O)Nc1cnn(C)c1. The Morgan fingerprint density at radius 1 is 1.43 bits per heavy atom. The van der Waals surface area contributed by atoms with Crippen molar-refractivity contribution in [2.24, 2.45) is 7.05 Å². The minimum absolute atomic E-state index is 0.0497. The third-order valence-corrected chi connectivity index (χ3v) is 4.08. The second-order valence-corrected chi connectivity index (χ2v) is 5.83. The van der Waals surface area contributed by atoms with E-state index in [0.717, 1.165) is 6.07 Å². The van der Waals surface area contributed by atoms with Crippen molar-refractivity contribution in [1.29, 1.82) is 0 Å². The van der Waals surface area contributed by atoms with Gasteiger partial charge in [0.2, 0.25) is 0 Å². The van der Waals surface area contributed by atoms with Gasteiger partial charge in [-0.15, -0.1) is 0 Å². The molecule has 0 saturated heterocycles. The van der Waals surface area contributed by atoms with E-state index in [9.17, 15) is 13.2 Å². The first-order valence-electron chi connectivity index (χ1n) is 5.76. The van der Waals surface area contributed by atoms with Crippen LogP contribution in [-0.4, -0.2) is 36.4 Å². The molecule has 1 aromatic carbocycles. The van der Waals surface area contributed by atoms with Gasteiger partial charge < -0.3 is 9.84 Å². The first-order valence-corrected chi connectivity index (χ1v) is 7.24. The molecule has 8 nitrogen and oxygen atoms in total. The van der Waals surface area contributed by atoms with Crippen molar-refractivity contribution in [3.05, 3.63) is 36.2 Å². The van der Waals surface area contributed by atoms with Gasteiger partial charge in [0.1, 0.15) is 10.6 Å². The molecule has 1 heterocycles. The summed E-state index contributed by atoms with van der Waals surface area (Å²) in [6.07, 6.45) is 2.85. The number of carbonyl (C=O) groups is 1. The molecule has 0 aliphatic carbocycles. The number of nitrogens with zero attached hydrogens (tertiary/aromatic N) is 2. The Bertz CT molecular complexity index is 782. The number of benzene rings is 1. The van der Waals surface area contributed by atoms with Gasteiger partial charge >= 0.3 is 5.97 Å². The van der Waals surface area contributed by atoms with E-state index in [1.807, 2.05) is 0 Å². The fourth-order valence-electron chi connectivity index (χ4n) is 1.71. The van der Waals surface area contributed by atoms with E-state index in [-0.39, 0.29) is 16.2 Å². The number of hydrogen-bond donors (Lipinski definition) is 2. The second kappa shape index (κ2) is 5.44. The van der Waals surface area contributed by atoms with E-state index in [4.69, 9.17) is 9.84 Å². The number of anilines is 1. The third kappa shape index (κ3) is 3.14. The lowest BCUT2D eigenvalue weighted by atomic mass is 10.2. The van der Waals surface area contributed by atoms with Gasteiger partial charge in [0.05, 0.1) is 24.6 Å². The summed E-state index contributed by atoms with van der Waals surface area (Å²) in [7, 11) is -0.986. The van der Waals surface area contributed by atoms with Gasteiger partial charge in [0.15, 0.2) is 0 Å². The lowest BCUT2D eigenvalue weighted by molar-refractivity contribution is 0.0696. The van der Waals surface area contributed by atoms with Gasteiger partial charge in [-0.2, -0.15) is 5.10 Å². The molecule has 0 saturated carbocycles. The molecule has 0 unspecified atom stereocenters. The number of aromatic carboxylic acids is 1. The maximum absolute atomic E-state index is 12.3. The van der Waals surface area contributed by atoms with Crippen LogP contribution in [0, 0.1) is 0 Å². The summed E-state index contributed by atoms with van der Waals surface area (Å²) in [5.74, 6) is -1.22. The van der Waals surface area contributed by atoms with E-state index < -0.39 is 16.0 Å². The highest BCUT2D eigenvalue weighted by atomic mass is 32.2. The predicted octanol–water partition coefficient (Wildman–Crippen LogP) is 0.928. The summed E-state index contributed by atoms with van der Waals surface area (Å²) in [6.45, 7) is 0. The molecule has 21 heavy (non-hydrogen) atoms. The third-order valence-electron chi connectivity index (χ3n) is 2.66. The quantitative estimate of drug-likeness (QED) is 0.849. The van der Waals surface area contributed by atoms with Crippen molar-refractivity contribution < 1.29 is 23.1 Å². The van der Waals surface area contributed by atoms with Crippen LogP contribution in [0.4, 0.5) is 5.69 Å². The number of carboxylic acid groups (broad SMARTS) is 1. The summed E-state index contributed by atoms with van der Waals surface area (Å²) < 4.78 is 33.3. The summed E-state index contributed by atoms with van der Waals surface area (Å²) in [6, 6.07) is 3.53. The van der Waals surface area contributed by atoms with E-state index in [1.54, 1.807) is 7.05 Å². The van der Waals surface area contributed by atoms with Crippen LogP contribution in [0.3, 0.4) is 0 Å². The fourth-order valence-corrected chi connectivity index (χ4v) is 2.89. The number of carboxylic acids is 1. The van der Waals surface area contributed by atoms with Gasteiger partial charge in [-0.25, -0.2) is 13.2 Å². The molecule has 0 amide bonds.